The van der Waals surface area contributed by atoms with E-state index in [2.05, 4.69) is 16.6 Å². The molecule has 7 heteroatoms. The SMILES string of the molecule is CCCS(=O)(=O)c1c(N)nsc1NC1CCC(CC)CC1. The van der Waals surface area contributed by atoms with Gasteiger partial charge in [0.1, 0.15) is 9.90 Å². The highest BCUT2D eigenvalue weighted by Gasteiger charge is 2.27. The molecular formula is C14H25N3O2S2. The van der Waals surface area contributed by atoms with Crippen LogP contribution in [0.1, 0.15) is 52.4 Å². The molecule has 1 heterocycles. The lowest BCUT2D eigenvalue weighted by atomic mass is 9.84. The van der Waals surface area contributed by atoms with Crippen molar-refractivity contribution in [2.75, 3.05) is 16.8 Å². The van der Waals surface area contributed by atoms with E-state index in [-0.39, 0.29) is 16.5 Å². The van der Waals surface area contributed by atoms with Crippen LogP contribution in [-0.4, -0.2) is 24.6 Å². The van der Waals surface area contributed by atoms with E-state index in [4.69, 9.17) is 5.73 Å². The van der Waals surface area contributed by atoms with Crippen LogP contribution in [0.5, 0.6) is 0 Å². The Hall–Kier alpha value is -0.820. The Labute approximate surface area is 131 Å². The summed E-state index contributed by atoms with van der Waals surface area (Å²) in [6.07, 6.45) is 6.40. The summed E-state index contributed by atoms with van der Waals surface area (Å²) < 4.78 is 28.7. The van der Waals surface area contributed by atoms with E-state index in [1.54, 1.807) is 0 Å². The Bertz CT molecular complexity index is 561. The molecule has 0 atom stereocenters. The lowest BCUT2D eigenvalue weighted by Crippen LogP contribution is -2.26. The maximum atomic E-state index is 12.3. The maximum Gasteiger partial charge on any atom is 0.185 e. The van der Waals surface area contributed by atoms with E-state index in [0.717, 1.165) is 30.3 Å². The van der Waals surface area contributed by atoms with Gasteiger partial charge >= 0.3 is 0 Å². The molecule has 3 N–H and O–H groups in total. The summed E-state index contributed by atoms with van der Waals surface area (Å²) in [5, 5.41) is 4.00. The van der Waals surface area contributed by atoms with Crippen LogP contribution in [0.25, 0.3) is 0 Å². The van der Waals surface area contributed by atoms with Crippen LogP contribution in [0, 0.1) is 5.92 Å². The largest absolute Gasteiger partial charge is 0.382 e. The van der Waals surface area contributed by atoms with Gasteiger partial charge in [-0.15, -0.1) is 0 Å². The third-order valence-electron chi connectivity index (χ3n) is 4.22. The van der Waals surface area contributed by atoms with Gasteiger partial charge < -0.3 is 11.1 Å². The van der Waals surface area contributed by atoms with Gasteiger partial charge in [0.2, 0.25) is 0 Å². The molecule has 1 aromatic heterocycles. The fourth-order valence-electron chi connectivity index (χ4n) is 2.96. The third kappa shape index (κ3) is 3.88. The Morgan fingerprint density at radius 2 is 1.95 bits per heavy atom. The zero-order chi connectivity index (χ0) is 15.5. The van der Waals surface area contributed by atoms with Crippen LogP contribution in [0.15, 0.2) is 4.90 Å². The van der Waals surface area contributed by atoms with Crippen molar-refractivity contribution in [3.63, 3.8) is 0 Å². The zero-order valence-electron chi connectivity index (χ0n) is 12.8. The zero-order valence-corrected chi connectivity index (χ0v) is 14.4. The highest BCUT2D eigenvalue weighted by molar-refractivity contribution is 7.91. The summed E-state index contributed by atoms with van der Waals surface area (Å²) in [7, 11) is -3.33. The van der Waals surface area contributed by atoms with Crippen molar-refractivity contribution < 1.29 is 8.42 Å². The van der Waals surface area contributed by atoms with E-state index < -0.39 is 9.84 Å². The highest BCUT2D eigenvalue weighted by Crippen LogP contribution is 2.35. The molecule has 0 aromatic carbocycles. The second kappa shape index (κ2) is 6.96. The Morgan fingerprint density at radius 3 is 2.52 bits per heavy atom. The standard InChI is InChI=1S/C14H25N3O2S2/c1-3-9-21(18,19)12-13(15)17-20-14(12)16-11-7-5-10(4-2)6-8-11/h10-11,16H,3-9H2,1-2H3,(H2,15,17). The normalized spacial score (nSPS) is 23.1. The minimum absolute atomic E-state index is 0.118. The molecule has 1 aliphatic carbocycles. The van der Waals surface area contributed by atoms with Crippen molar-refractivity contribution in [1.82, 2.24) is 4.37 Å². The number of sulfone groups is 1. The Kier molecular flexibility index (Phi) is 5.48. The van der Waals surface area contributed by atoms with Gasteiger partial charge in [0.15, 0.2) is 15.7 Å². The molecule has 0 bridgehead atoms. The molecule has 0 unspecified atom stereocenters. The monoisotopic (exact) mass is 331 g/mol. The van der Waals surface area contributed by atoms with Crippen molar-refractivity contribution >= 4 is 32.2 Å². The summed E-state index contributed by atoms with van der Waals surface area (Å²) in [6, 6.07) is 0.336. The van der Waals surface area contributed by atoms with Crippen molar-refractivity contribution in [2.24, 2.45) is 5.92 Å². The number of nitrogens with two attached hydrogens (primary N) is 1. The van der Waals surface area contributed by atoms with Crippen LogP contribution in [0.2, 0.25) is 0 Å². The van der Waals surface area contributed by atoms with Gasteiger partial charge in [0, 0.05) is 6.04 Å². The van der Waals surface area contributed by atoms with Crippen LogP contribution in [-0.2, 0) is 9.84 Å². The fourth-order valence-corrected chi connectivity index (χ4v) is 5.64. The highest BCUT2D eigenvalue weighted by atomic mass is 32.2. The topological polar surface area (TPSA) is 85.1 Å². The van der Waals surface area contributed by atoms with Crippen molar-refractivity contribution in [1.29, 1.82) is 0 Å². The van der Waals surface area contributed by atoms with Crippen molar-refractivity contribution in [3.05, 3.63) is 0 Å². The van der Waals surface area contributed by atoms with E-state index in [0.29, 0.717) is 17.5 Å². The fraction of sp³-hybridized carbons (Fsp3) is 0.786. The van der Waals surface area contributed by atoms with E-state index in [1.165, 1.54) is 19.3 Å². The number of anilines is 2. The van der Waals surface area contributed by atoms with Gasteiger partial charge in [-0.2, -0.15) is 4.37 Å². The minimum Gasteiger partial charge on any atom is -0.382 e. The summed E-state index contributed by atoms with van der Waals surface area (Å²) in [5.74, 6) is 1.07. The first-order chi connectivity index (χ1) is 9.97. The molecule has 0 saturated heterocycles. The average Bonchev–Trinajstić information content (AvgIpc) is 2.81. The first-order valence-corrected chi connectivity index (χ1v) is 10.1. The van der Waals surface area contributed by atoms with E-state index >= 15 is 0 Å². The molecule has 1 aromatic rings. The quantitative estimate of drug-likeness (QED) is 0.835. The Balaban J connectivity index is 2.12. The van der Waals surface area contributed by atoms with Gasteiger partial charge in [-0.3, -0.25) is 0 Å². The number of aromatic nitrogens is 1. The second-order valence-electron chi connectivity index (χ2n) is 5.82. The van der Waals surface area contributed by atoms with Crippen LogP contribution in [0.4, 0.5) is 10.8 Å². The predicted octanol–water partition coefficient (Wildman–Crippen LogP) is 3.29. The van der Waals surface area contributed by atoms with Gasteiger partial charge in [-0.25, -0.2) is 8.42 Å². The second-order valence-corrected chi connectivity index (χ2v) is 8.63. The van der Waals surface area contributed by atoms with Crippen molar-refractivity contribution in [2.45, 2.75) is 63.3 Å². The molecule has 2 rings (SSSR count). The number of rotatable bonds is 6. The molecule has 1 aliphatic rings. The van der Waals surface area contributed by atoms with Gasteiger partial charge in [0.25, 0.3) is 0 Å². The summed E-state index contributed by atoms with van der Waals surface area (Å²) in [6.45, 7) is 4.09. The number of nitrogens with zero attached hydrogens (tertiary/aromatic N) is 1. The Morgan fingerprint density at radius 1 is 1.29 bits per heavy atom. The predicted molar refractivity (Wildman–Crippen MR) is 88.5 cm³/mol. The molecule has 5 nitrogen and oxygen atoms in total. The molecular weight excluding hydrogens is 306 g/mol. The number of nitrogens with one attached hydrogen (secondary N) is 1. The summed E-state index contributed by atoms with van der Waals surface area (Å²) in [4.78, 5) is 0.215. The molecule has 120 valence electrons. The van der Waals surface area contributed by atoms with Crippen LogP contribution >= 0.6 is 11.5 Å². The molecule has 0 aliphatic heterocycles. The molecule has 0 radical (unpaired) electrons. The van der Waals surface area contributed by atoms with Gasteiger partial charge in [-0.05, 0) is 49.6 Å². The van der Waals surface area contributed by atoms with Crippen LogP contribution < -0.4 is 11.1 Å². The number of hydrogen-bond acceptors (Lipinski definition) is 6. The number of hydrogen-bond donors (Lipinski definition) is 2. The van der Waals surface area contributed by atoms with E-state index in [1.807, 2.05) is 6.92 Å². The molecule has 1 fully saturated rings. The average molecular weight is 332 g/mol. The van der Waals surface area contributed by atoms with Gasteiger partial charge in [0.05, 0.1) is 5.75 Å². The lowest BCUT2D eigenvalue weighted by molar-refractivity contribution is 0.330. The molecule has 21 heavy (non-hydrogen) atoms. The van der Waals surface area contributed by atoms with Crippen LogP contribution in [0.3, 0.4) is 0 Å². The van der Waals surface area contributed by atoms with Crippen molar-refractivity contribution in [3.8, 4) is 0 Å². The minimum atomic E-state index is -3.33. The summed E-state index contributed by atoms with van der Waals surface area (Å²) in [5.41, 5.74) is 5.79. The molecule has 0 spiro atoms. The first-order valence-electron chi connectivity index (χ1n) is 7.72. The number of nitrogen functional groups attached to an aromatic ring is 1. The third-order valence-corrected chi connectivity index (χ3v) is 7.12. The van der Waals surface area contributed by atoms with Gasteiger partial charge in [-0.1, -0.05) is 20.3 Å². The van der Waals surface area contributed by atoms with E-state index in [9.17, 15) is 8.42 Å². The molecule has 1 saturated carbocycles. The lowest BCUT2D eigenvalue weighted by Gasteiger charge is -2.28. The summed E-state index contributed by atoms with van der Waals surface area (Å²) >= 11 is 1.16. The maximum absolute atomic E-state index is 12.3. The smallest absolute Gasteiger partial charge is 0.185 e. The molecule has 0 amide bonds. The first kappa shape index (κ1) is 16.5.